The summed E-state index contributed by atoms with van der Waals surface area (Å²) in [6.45, 7) is 4.35. The first-order valence-electron chi connectivity index (χ1n) is 13.9. The Morgan fingerprint density at radius 3 is 2.51 bits per heavy atom. The van der Waals surface area contributed by atoms with E-state index in [-0.39, 0.29) is 62.7 Å². The van der Waals surface area contributed by atoms with E-state index in [0.717, 1.165) is 4.90 Å². The Morgan fingerprint density at radius 2 is 1.91 bits per heavy atom. The zero-order valence-electron chi connectivity index (χ0n) is 24.2. The number of ether oxygens (including phenoxy) is 3. The normalized spacial score (nSPS) is 22.7. The Hall–Kier alpha value is -4.08. The third kappa shape index (κ3) is 8.95. The van der Waals surface area contributed by atoms with Crippen LogP contribution in [0.5, 0.6) is 5.75 Å². The Balaban J connectivity index is 1.65. The monoisotopic (exact) mass is 606 g/mol. The smallest absolute Gasteiger partial charge is 0.333 e. The molecule has 2 saturated heterocycles. The van der Waals surface area contributed by atoms with E-state index in [0.29, 0.717) is 5.56 Å². The van der Waals surface area contributed by atoms with Crippen molar-refractivity contribution in [2.75, 3.05) is 18.4 Å². The van der Waals surface area contributed by atoms with Gasteiger partial charge in [-0.05, 0) is 23.6 Å². The summed E-state index contributed by atoms with van der Waals surface area (Å²) in [5, 5.41) is 24.5. The summed E-state index contributed by atoms with van der Waals surface area (Å²) in [7, 11) is 0. The number of nitrogens with two attached hydrogens (primary N) is 1. The molecule has 2 aliphatic heterocycles. The maximum atomic E-state index is 12.8. The zero-order chi connectivity index (χ0) is 31.8. The lowest BCUT2D eigenvalue weighted by Crippen LogP contribution is -2.53. The summed E-state index contributed by atoms with van der Waals surface area (Å²) in [5.41, 5.74) is 6.38. The van der Waals surface area contributed by atoms with E-state index in [4.69, 9.17) is 19.9 Å². The predicted molar refractivity (Wildman–Crippen MR) is 148 cm³/mol. The number of nitrogens with one attached hydrogen (secondary N) is 2. The molecule has 0 aromatic heterocycles. The van der Waals surface area contributed by atoms with Crippen LogP contribution >= 0.6 is 0 Å². The molecule has 4 amide bonds. The fourth-order valence-electron chi connectivity index (χ4n) is 4.77. The van der Waals surface area contributed by atoms with E-state index < -0.39 is 66.0 Å². The summed E-state index contributed by atoms with van der Waals surface area (Å²) in [4.78, 5) is 74.3. The Labute approximate surface area is 248 Å². The number of carboxylic acid groups (broad SMARTS) is 1. The lowest BCUT2D eigenvalue weighted by molar-refractivity contribution is -0.195. The number of carboxylic acids is 1. The third-order valence-electron chi connectivity index (χ3n) is 7.07. The molecule has 1 aromatic rings. The zero-order valence-corrected chi connectivity index (χ0v) is 24.2. The van der Waals surface area contributed by atoms with Crippen molar-refractivity contribution < 1.29 is 53.2 Å². The van der Waals surface area contributed by atoms with Gasteiger partial charge in [-0.3, -0.25) is 28.9 Å². The second-order valence-corrected chi connectivity index (χ2v) is 10.7. The first-order valence-corrected chi connectivity index (χ1v) is 13.9. The van der Waals surface area contributed by atoms with Gasteiger partial charge in [-0.15, -0.1) is 0 Å². The fourth-order valence-corrected chi connectivity index (χ4v) is 4.77. The maximum absolute atomic E-state index is 12.8. The van der Waals surface area contributed by atoms with Crippen molar-refractivity contribution in [3.8, 4) is 5.75 Å². The number of aliphatic hydroxyl groups excluding tert-OH is 1. The number of hydrogen-bond donors (Lipinski definition) is 5. The quantitative estimate of drug-likeness (QED) is 0.146. The van der Waals surface area contributed by atoms with Crippen molar-refractivity contribution in [1.29, 1.82) is 0 Å². The van der Waals surface area contributed by atoms with Gasteiger partial charge < -0.3 is 40.8 Å². The van der Waals surface area contributed by atoms with Gasteiger partial charge in [0, 0.05) is 51.6 Å². The van der Waals surface area contributed by atoms with Crippen molar-refractivity contribution in [1.82, 2.24) is 10.2 Å². The number of esters is 1. The van der Waals surface area contributed by atoms with Crippen molar-refractivity contribution in [3.63, 3.8) is 0 Å². The molecule has 0 bridgehead atoms. The number of carbonyl (C=O) groups excluding carboxylic acids is 5. The number of benzene rings is 1. The second kappa shape index (κ2) is 14.9. The van der Waals surface area contributed by atoms with E-state index in [1.165, 1.54) is 19.1 Å². The van der Waals surface area contributed by atoms with E-state index in [2.05, 4.69) is 10.6 Å². The molecule has 0 radical (unpaired) electrons. The largest absolute Gasteiger partial charge is 0.479 e. The van der Waals surface area contributed by atoms with Gasteiger partial charge >= 0.3 is 11.9 Å². The number of amides is 4. The molecular weight excluding hydrogens is 568 g/mol. The van der Waals surface area contributed by atoms with Gasteiger partial charge in [0.25, 0.3) is 0 Å². The standard InChI is InChI=1S/C28H38N4O11/c1-14(2)18-11-24(36)32(27(18)38)20(12-29)26(37)30-7-6-23(35)31-19-8-16(13-41-15(3)33)4-5-21(19)42-25-10-17(34)9-22(43-25)28(39)40/h4-5,8,14,17-18,20,22,25,34H,6-7,9-13,29H2,1-3H3,(H,30,37)(H,31,35)(H,39,40)/t17-,18?,20?,22-,25+/m1/s1. The first-order chi connectivity index (χ1) is 20.3. The highest BCUT2D eigenvalue weighted by atomic mass is 16.7. The molecule has 2 fully saturated rings. The van der Waals surface area contributed by atoms with E-state index in [9.17, 15) is 39.0 Å². The van der Waals surface area contributed by atoms with Gasteiger partial charge in [-0.2, -0.15) is 0 Å². The van der Waals surface area contributed by atoms with Crippen LogP contribution in [0.4, 0.5) is 5.69 Å². The van der Waals surface area contributed by atoms with Gasteiger partial charge in [0.05, 0.1) is 11.8 Å². The fraction of sp³-hybridized carbons (Fsp3) is 0.571. The molecule has 43 heavy (non-hydrogen) atoms. The molecule has 15 heteroatoms. The molecule has 5 atom stereocenters. The van der Waals surface area contributed by atoms with Gasteiger partial charge in [-0.25, -0.2) is 4.79 Å². The predicted octanol–water partition coefficient (Wildman–Crippen LogP) is -0.118. The molecule has 2 unspecified atom stereocenters. The highest BCUT2D eigenvalue weighted by Gasteiger charge is 2.45. The summed E-state index contributed by atoms with van der Waals surface area (Å²) < 4.78 is 16.2. The molecule has 6 N–H and O–H groups in total. The van der Waals surface area contributed by atoms with Gasteiger partial charge in [-0.1, -0.05) is 19.9 Å². The van der Waals surface area contributed by atoms with Crippen LogP contribution < -0.4 is 21.1 Å². The Kier molecular flexibility index (Phi) is 11.6. The van der Waals surface area contributed by atoms with Crippen molar-refractivity contribution in [2.24, 2.45) is 17.6 Å². The number of hydrogen-bond acceptors (Lipinski definition) is 11. The first kappa shape index (κ1) is 33.4. The molecule has 1 aromatic carbocycles. The molecule has 0 spiro atoms. The summed E-state index contributed by atoms with van der Waals surface area (Å²) in [5.74, 6) is -4.43. The second-order valence-electron chi connectivity index (χ2n) is 10.7. The maximum Gasteiger partial charge on any atom is 0.333 e. The van der Waals surface area contributed by atoms with E-state index in [1.807, 2.05) is 13.8 Å². The number of likely N-dealkylation sites (tertiary alicyclic amines) is 1. The van der Waals surface area contributed by atoms with Gasteiger partial charge in [0.15, 0.2) is 6.10 Å². The highest BCUT2D eigenvalue weighted by Crippen LogP contribution is 2.31. The van der Waals surface area contributed by atoms with Crippen LogP contribution in [-0.4, -0.2) is 88.3 Å². The molecule has 236 valence electrons. The molecule has 2 heterocycles. The molecule has 0 aliphatic carbocycles. The number of aliphatic carboxylic acids is 1. The highest BCUT2D eigenvalue weighted by molar-refractivity contribution is 6.07. The number of carbonyl (C=O) groups is 6. The number of anilines is 1. The van der Waals surface area contributed by atoms with Gasteiger partial charge in [0.1, 0.15) is 18.4 Å². The van der Waals surface area contributed by atoms with Crippen LogP contribution in [0.2, 0.25) is 0 Å². The Morgan fingerprint density at radius 1 is 1.19 bits per heavy atom. The van der Waals surface area contributed by atoms with Crippen LogP contribution in [0.25, 0.3) is 0 Å². The van der Waals surface area contributed by atoms with E-state index >= 15 is 0 Å². The number of rotatable bonds is 13. The molecule has 3 rings (SSSR count). The lowest BCUT2D eigenvalue weighted by Gasteiger charge is -2.31. The van der Waals surface area contributed by atoms with Crippen LogP contribution in [0.3, 0.4) is 0 Å². The molecule has 15 nitrogen and oxygen atoms in total. The number of imide groups is 1. The topological polar surface area (TPSA) is 224 Å². The van der Waals surface area contributed by atoms with Crippen LogP contribution in [0.1, 0.15) is 52.0 Å². The van der Waals surface area contributed by atoms with Crippen LogP contribution in [-0.2, 0) is 44.8 Å². The molecule has 2 aliphatic rings. The minimum atomic E-state index is -1.28. The summed E-state index contributed by atoms with van der Waals surface area (Å²) >= 11 is 0. The van der Waals surface area contributed by atoms with Crippen molar-refractivity contribution in [2.45, 2.75) is 77.6 Å². The SMILES string of the molecule is CC(=O)OCc1ccc(O[C@@H]2C[C@H](O)C[C@H](C(=O)O)O2)c(NC(=O)CCNC(=O)C(CN)N2C(=O)CC(C(C)C)C2=O)c1. The molecular formula is C28H38N4O11. The van der Waals surface area contributed by atoms with Gasteiger partial charge in [0.2, 0.25) is 29.9 Å². The Bertz CT molecular complexity index is 1240. The molecule has 0 saturated carbocycles. The average Bonchev–Trinajstić information content (AvgIpc) is 3.22. The van der Waals surface area contributed by atoms with Crippen LogP contribution in [0, 0.1) is 11.8 Å². The summed E-state index contributed by atoms with van der Waals surface area (Å²) in [6, 6.07) is 3.32. The minimum Gasteiger partial charge on any atom is -0.479 e. The minimum absolute atomic E-state index is 0.00539. The number of aliphatic hydroxyl groups is 1. The summed E-state index contributed by atoms with van der Waals surface area (Å²) in [6.07, 6.45) is -3.71. The van der Waals surface area contributed by atoms with Crippen molar-refractivity contribution in [3.05, 3.63) is 23.8 Å². The lowest BCUT2D eigenvalue weighted by atomic mass is 9.94. The third-order valence-corrected chi connectivity index (χ3v) is 7.07. The number of nitrogens with zero attached hydrogens (tertiary/aromatic N) is 1. The average molecular weight is 607 g/mol. The van der Waals surface area contributed by atoms with Crippen molar-refractivity contribution >= 4 is 41.3 Å². The van der Waals surface area contributed by atoms with E-state index in [1.54, 1.807) is 6.07 Å². The van der Waals surface area contributed by atoms with Crippen LogP contribution in [0.15, 0.2) is 18.2 Å².